The van der Waals surface area contributed by atoms with Gasteiger partial charge in [0.25, 0.3) is 5.56 Å². The Bertz CT molecular complexity index is 1110. The normalized spacial score (nSPS) is 15.3. The molecule has 0 saturated heterocycles. The van der Waals surface area contributed by atoms with Crippen molar-refractivity contribution in [3.8, 4) is 11.5 Å². The van der Waals surface area contributed by atoms with Crippen molar-refractivity contribution < 1.29 is 14.3 Å². The SMILES string of the molecule is CCN(CC1COc2ccccc2O1)C(=O)Cn1nc(C)c2ccccc2c1=O. The fourth-order valence-electron chi connectivity index (χ4n) is 3.55. The molecule has 7 nitrogen and oxygen atoms in total. The third kappa shape index (κ3) is 3.81. The summed E-state index contributed by atoms with van der Waals surface area (Å²) >= 11 is 0. The van der Waals surface area contributed by atoms with Crippen LogP contribution < -0.4 is 15.0 Å². The monoisotopic (exact) mass is 393 g/mol. The average molecular weight is 393 g/mol. The van der Waals surface area contributed by atoms with E-state index in [0.717, 1.165) is 11.1 Å². The molecule has 150 valence electrons. The number of ether oxygens (including phenoxy) is 2. The van der Waals surface area contributed by atoms with Crippen LogP contribution >= 0.6 is 0 Å². The van der Waals surface area contributed by atoms with E-state index in [1.807, 2.05) is 56.3 Å². The quantitative estimate of drug-likeness (QED) is 0.666. The number of para-hydroxylation sites is 2. The van der Waals surface area contributed by atoms with Gasteiger partial charge in [-0.3, -0.25) is 9.59 Å². The molecular formula is C22H23N3O4. The van der Waals surface area contributed by atoms with Crippen LogP contribution in [0.4, 0.5) is 0 Å². The maximum Gasteiger partial charge on any atom is 0.275 e. The molecule has 0 N–H and O–H groups in total. The summed E-state index contributed by atoms with van der Waals surface area (Å²) < 4.78 is 12.9. The molecule has 2 heterocycles. The third-order valence-corrected chi connectivity index (χ3v) is 5.06. The van der Waals surface area contributed by atoms with Crippen molar-refractivity contribution in [3.63, 3.8) is 0 Å². The summed E-state index contributed by atoms with van der Waals surface area (Å²) in [7, 11) is 0. The first kappa shape index (κ1) is 19.0. The number of fused-ring (bicyclic) bond motifs is 2. The van der Waals surface area contributed by atoms with Crippen molar-refractivity contribution in [3.05, 3.63) is 64.6 Å². The number of amides is 1. The highest BCUT2D eigenvalue weighted by Crippen LogP contribution is 2.31. The van der Waals surface area contributed by atoms with E-state index in [-0.39, 0.29) is 24.1 Å². The van der Waals surface area contributed by atoms with Gasteiger partial charge in [-0.2, -0.15) is 5.10 Å². The Kier molecular flexibility index (Phi) is 5.20. The number of benzene rings is 2. The minimum atomic E-state index is -0.267. The number of carbonyl (C=O) groups is 1. The smallest absolute Gasteiger partial charge is 0.275 e. The number of likely N-dealkylation sites (N-methyl/N-ethyl adjacent to an activating group) is 1. The van der Waals surface area contributed by atoms with Crippen molar-refractivity contribution in [2.24, 2.45) is 0 Å². The van der Waals surface area contributed by atoms with Crippen LogP contribution in [0.25, 0.3) is 10.8 Å². The van der Waals surface area contributed by atoms with Crippen LogP contribution in [0.5, 0.6) is 11.5 Å². The molecule has 0 aliphatic carbocycles. The fraction of sp³-hybridized carbons (Fsp3) is 0.318. The number of hydrogen-bond acceptors (Lipinski definition) is 5. The topological polar surface area (TPSA) is 73.7 Å². The number of aryl methyl sites for hydroxylation is 1. The predicted octanol–water partition coefficient (Wildman–Crippen LogP) is 2.39. The van der Waals surface area contributed by atoms with Gasteiger partial charge in [0.2, 0.25) is 5.91 Å². The number of rotatable bonds is 5. The van der Waals surface area contributed by atoms with Crippen molar-refractivity contribution in [2.45, 2.75) is 26.5 Å². The molecule has 1 aliphatic rings. The first-order valence-corrected chi connectivity index (χ1v) is 9.69. The Morgan fingerprint density at radius 1 is 1.14 bits per heavy atom. The summed E-state index contributed by atoms with van der Waals surface area (Å²) in [6.45, 7) is 4.88. The Morgan fingerprint density at radius 2 is 1.83 bits per heavy atom. The van der Waals surface area contributed by atoms with E-state index in [4.69, 9.17) is 9.47 Å². The molecule has 2 aromatic carbocycles. The second-order valence-electron chi connectivity index (χ2n) is 7.02. The number of nitrogens with zero attached hydrogens (tertiary/aromatic N) is 3. The van der Waals surface area contributed by atoms with Crippen molar-refractivity contribution in [1.29, 1.82) is 0 Å². The van der Waals surface area contributed by atoms with Gasteiger partial charge in [0.15, 0.2) is 17.6 Å². The van der Waals surface area contributed by atoms with Gasteiger partial charge < -0.3 is 14.4 Å². The van der Waals surface area contributed by atoms with Crippen LogP contribution in [-0.4, -0.2) is 46.4 Å². The summed E-state index contributed by atoms with van der Waals surface area (Å²) in [5.41, 5.74) is 0.457. The molecule has 1 aromatic heterocycles. The molecule has 7 heteroatoms. The standard InChI is InChI=1S/C22H23N3O4/c1-3-24(12-16-14-28-19-10-6-7-11-20(19)29-16)21(26)13-25-22(27)18-9-5-4-8-17(18)15(2)23-25/h4-11,16H,3,12-14H2,1-2H3. The van der Waals surface area contributed by atoms with E-state index in [2.05, 4.69) is 5.10 Å². The van der Waals surface area contributed by atoms with Crippen molar-refractivity contribution >= 4 is 16.7 Å². The lowest BCUT2D eigenvalue weighted by atomic mass is 10.1. The van der Waals surface area contributed by atoms with Crippen LogP contribution in [0.15, 0.2) is 53.3 Å². The molecule has 1 amide bonds. The lowest BCUT2D eigenvalue weighted by Gasteiger charge is -2.31. The maximum absolute atomic E-state index is 12.9. The zero-order valence-corrected chi connectivity index (χ0v) is 16.5. The Morgan fingerprint density at radius 3 is 2.59 bits per heavy atom. The zero-order chi connectivity index (χ0) is 20.4. The van der Waals surface area contributed by atoms with Gasteiger partial charge in [-0.05, 0) is 32.0 Å². The minimum absolute atomic E-state index is 0.109. The molecule has 0 saturated carbocycles. The van der Waals surface area contributed by atoms with E-state index in [9.17, 15) is 9.59 Å². The molecule has 0 bridgehead atoms. The molecule has 1 atom stereocenters. The fourth-order valence-corrected chi connectivity index (χ4v) is 3.55. The Labute approximate surface area is 168 Å². The van der Waals surface area contributed by atoms with Gasteiger partial charge >= 0.3 is 0 Å². The summed E-state index contributed by atoms with van der Waals surface area (Å²) in [5, 5.41) is 5.71. The van der Waals surface area contributed by atoms with Gasteiger partial charge in [-0.15, -0.1) is 0 Å². The molecular weight excluding hydrogens is 370 g/mol. The van der Waals surface area contributed by atoms with Crippen LogP contribution in [0.1, 0.15) is 12.6 Å². The van der Waals surface area contributed by atoms with Gasteiger partial charge in [-0.25, -0.2) is 4.68 Å². The van der Waals surface area contributed by atoms with E-state index in [0.29, 0.717) is 36.6 Å². The first-order valence-electron chi connectivity index (χ1n) is 9.69. The van der Waals surface area contributed by atoms with Gasteiger partial charge in [0, 0.05) is 11.9 Å². The highest BCUT2D eigenvalue weighted by Gasteiger charge is 2.25. The molecule has 1 unspecified atom stereocenters. The molecule has 29 heavy (non-hydrogen) atoms. The molecule has 1 aliphatic heterocycles. The van der Waals surface area contributed by atoms with Crippen molar-refractivity contribution in [2.75, 3.05) is 19.7 Å². The maximum atomic E-state index is 12.9. The molecule has 0 fully saturated rings. The minimum Gasteiger partial charge on any atom is -0.486 e. The van der Waals surface area contributed by atoms with Crippen LogP contribution in [0.3, 0.4) is 0 Å². The molecule has 0 radical (unpaired) electrons. The van der Waals surface area contributed by atoms with E-state index >= 15 is 0 Å². The summed E-state index contributed by atoms with van der Waals surface area (Å²) in [5.74, 6) is 1.20. The van der Waals surface area contributed by atoms with Crippen LogP contribution in [0.2, 0.25) is 0 Å². The number of aromatic nitrogens is 2. The lowest BCUT2D eigenvalue weighted by molar-refractivity contribution is -0.133. The third-order valence-electron chi connectivity index (χ3n) is 5.06. The van der Waals surface area contributed by atoms with Crippen molar-refractivity contribution in [1.82, 2.24) is 14.7 Å². The number of hydrogen-bond donors (Lipinski definition) is 0. The second kappa shape index (κ2) is 7.95. The zero-order valence-electron chi connectivity index (χ0n) is 16.5. The van der Waals surface area contributed by atoms with Gasteiger partial charge in [-0.1, -0.05) is 30.3 Å². The molecule has 3 aromatic rings. The molecule has 4 rings (SSSR count). The highest BCUT2D eigenvalue weighted by molar-refractivity contribution is 5.83. The second-order valence-corrected chi connectivity index (χ2v) is 7.02. The predicted molar refractivity (Wildman–Crippen MR) is 109 cm³/mol. The van der Waals surface area contributed by atoms with E-state index < -0.39 is 0 Å². The Balaban J connectivity index is 1.49. The largest absolute Gasteiger partial charge is 0.486 e. The summed E-state index contributed by atoms with van der Waals surface area (Å²) in [6, 6.07) is 14.8. The van der Waals surface area contributed by atoms with Gasteiger partial charge in [0.05, 0.1) is 17.6 Å². The Hall–Kier alpha value is -3.35. The summed E-state index contributed by atoms with van der Waals surface area (Å²) in [6.07, 6.45) is -0.267. The number of carbonyl (C=O) groups excluding carboxylic acids is 1. The average Bonchev–Trinajstić information content (AvgIpc) is 2.75. The van der Waals surface area contributed by atoms with Crippen LogP contribution in [-0.2, 0) is 11.3 Å². The van der Waals surface area contributed by atoms with E-state index in [1.165, 1.54) is 4.68 Å². The van der Waals surface area contributed by atoms with Crippen LogP contribution in [0, 0.1) is 6.92 Å². The molecule has 0 spiro atoms. The first-order chi connectivity index (χ1) is 14.1. The lowest BCUT2D eigenvalue weighted by Crippen LogP contribution is -2.45. The highest BCUT2D eigenvalue weighted by atomic mass is 16.6. The summed E-state index contributed by atoms with van der Waals surface area (Å²) in [4.78, 5) is 27.3. The van der Waals surface area contributed by atoms with E-state index in [1.54, 1.807) is 11.0 Å². The van der Waals surface area contributed by atoms with Gasteiger partial charge in [0.1, 0.15) is 13.2 Å².